The van der Waals surface area contributed by atoms with Crippen molar-refractivity contribution in [3.63, 3.8) is 0 Å². The number of aromatic nitrogens is 2. The molecule has 0 aromatic carbocycles. The number of nitrogens with one attached hydrogen (secondary N) is 1. The third-order valence-electron chi connectivity index (χ3n) is 3.41. The molecule has 0 saturated heterocycles. The molecule has 0 aliphatic carbocycles. The summed E-state index contributed by atoms with van der Waals surface area (Å²) in [5.41, 5.74) is 13.9. The van der Waals surface area contributed by atoms with E-state index >= 15 is 0 Å². The number of hydrogen-bond donors (Lipinski definition) is 3. The summed E-state index contributed by atoms with van der Waals surface area (Å²) in [6, 6.07) is 0. The predicted molar refractivity (Wildman–Crippen MR) is 71.7 cm³/mol. The Labute approximate surface area is 104 Å². The number of aromatic amines is 1. The van der Waals surface area contributed by atoms with Gasteiger partial charge in [0.05, 0.1) is 6.20 Å². The topological polar surface area (TPSA) is 80.7 Å². The fraction of sp³-hybridized carbons (Fsp3) is 0.769. The summed E-state index contributed by atoms with van der Waals surface area (Å²) in [5.74, 6) is 1.16. The van der Waals surface area contributed by atoms with Crippen LogP contribution in [0.3, 0.4) is 0 Å². The Morgan fingerprint density at radius 2 is 1.71 bits per heavy atom. The van der Waals surface area contributed by atoms with E-state index in [9.17, 15) is 0 Å². The molecule has 0 saturated carbocycles. The maximum absolute atomic E-state index is 5.63. The summed E-state index contributed by atoms with van der Waals surface area (Å²) in [6.07, 6.45) is 6.32. The van der Waals surface area contributed by atoms with Crippen molar-refractivity contribution < 1.29 is 0 Å². The van der Waals surface area contributed by atoms with Crippen molar-refractivity contribution >= 4 is 0 Å². The molecule has 1 rings (SSSR count). The first-order valence-electron chi connectivity index (χ1n) is 6.58. The second kappa shape index (κ2) is 7.45. The van der Waals surface area contributed by atoms with Gasteiger partial charge < -0.3 is 11.5 Å². The zero-order valence-corrected chi connectivity index (χ0v) is 11.1. The Bertz CT molecular complexity index is 280. The molecule has 0 bridgehead atoms. The minimum absolute atomic E-state index is 0.578. The van der Waals surface area contributed by atoms with Crippen LogP contribution in [-0.4, -0.2) is 23.3 Å². The van der Waals surface area contributed by atoms with Gasteiger partial charge in [0.1, 0.15) is 0 Å². The average Bonchev–Trinajstić information content (AvgIpc) is 2.80. The van der Waals surface area contributed by atoms with Crippen LogP contribution in [0.5, 0.6) is 0 Å². The van der Waals surface area contributed by atoms with Crippen LogP contribution in [0, 0.1) is 11.8 Å². The Hall–Kier alpha value is -0.870. The second-order valence-corrected chi connectivity index (χ2v) is 5.13. The Morgan fingerprint density at radius 3 is 2.29 bits per heavy atom. The highest BCUT2D eigenvalue weighted by Gasteiger charge is 2.08. The molecule has 0 fully saturated rings. The highest BCUT2D eigenvalue weighted by molar-refractivity contribution is 5.16. The lowest BCUT2D eigenvalue weighted by atomic mass is 9.98. The smallest absolute Gasteiger partial charge is 0.0522 e. The van der Waals surface area contributed by atoms with E-state index < -0.39 is 0 Å². The summed E-state index contributed by atoms with van der Waals surface area (Å²) < 4.78 is 0. The van der Waals surface area contributed by atoms with Gasteiger partial charge in [-0.25, -0.2) is 0 Å². The molecule has 0 spiro atoms. The second-order valence-electron chi connectivity index (χ2n) is 5.13. The van der Waals surface area contributed by atoms with Crippen LogP contribution in [-0.2, 0) is 12.8 Å². The Kier molecular flexibility index (Phi) is 6.22. The first-order valence-corrected chi connectivity index (χ1v) is 6.58. The molecule has 1 aromatic rings. The molecule has 2 unspecified atom stereocenters. The summed E-state index contributed by atoms with van der Waals surface area (Å²) in [6.45, 7) is 5.90. The van der Waals surface area contributed by atoms with Crippen LogP contribution < -0.4 is 11.5 Å². The number of H-pyrrole nitrogens is 1. The molecule has 17 heavy (non-hydrogen) atoms. The molecule has 0 aliphatic rings. The third-order valence-corrected chi connectivity index (χ3v) is 3.41. The first kappa shape index (κ1) is 14.2. The molecule has 0 amide bonds. The van der Waals surface area contributed by atoms with Crippen molar-refractivity contribution in [1.82, 2.24) is 10.2 Å². The molecular formula is C13H26N4. The van der Waals surface area contributed by atoms with Crippen LogP contribution in [0.25, 0.3) is 0 Å². The summed E-state index contributed by atoms with van der Waals surface area (Å²) in [7, 11) is 0. The van der Waals surface area contributed by atoms with Gasteiger partial charge >= 0.3 is 0 Å². The molecule has 1 heterocycles. The van der Waals surface area contributed by atoms with Crippen LogP contribution in [0.4, 0.5) is 0 Å². The van der Waals surface area contributed by atoms with Crippen molar-refractivity contribution in [3.8, 4) is 0 Å². The fourth-order valence-corrected chi connectivity index (χ4v) is 1.80. The molecule has 4 heteroatoms. The van der Waals surface area contributed by atoms with E-state index in [0.717, 1.165) is 38.8 Å². The largest absolute Gasteiger partial charge is 0.330 e. The summed E-state index contributed by atoms with van der Waals surface area (Å²) >= 11 is 0. The van der Waals surface area contributed by atoms with Gasteiger partial charge in [-0.3, -0.25) is 5.10 Å². The van der Waals surface area contributed by atoms with Crippen LogP contribution >= 0.6 is 0 Å². The average molecular weight is 238 g/mol. The number of aryl methyl sites for hydroxylation is 2. The lowest BCUT2D eigenvalue weighted by Gasteiger charge is -2.10. The molecule has 1 aromatic heterocycles. The molecule has 98 valence electrons. The maximum Gasteiger partial charge on any atom is 0.0522 e. The molecular weight excluding hydrogens is 212 g/mol. The number of hydrogen-bond acceptors (Lipinski definition) is 3. The Balaban J connectivity index is 2.42. The van der Waals surface area contributed by atoms with Gasteiger partial charge in [-0.1, -0.05) is 13.8 Å². The first-order chi connectivity index (χ1) is 8.17. The quantitative estimate of drug-likeness (QED) is 0.641. The van der Waals surface area contributed by atoms with Gasteiger partial charge in [0.2, 0.25) is 0 Å². The minimum atomic E-state index is 0.578. The zero-order valence-electron chi connectivity index (χ0n) is 11.1. The number of nitrogens with two attached hydrogens (primary N) is 2. The predicted octanol–water partition coefficient (Wildman–Crippen LogP) is 1.46. The SMILES string of the molecule is CC(CN)CCc1cn[nH]c1CCC(C)CN. The van der Waals surface area contributed by atoms with E-state index in [0.29, 0.717) is 11.8 Å². The molecule has 0 radical (unpaired) electrons. The van der Waals surface area contributed by atoms with Gasteiger partial charge in [-0.15, -0.1) is 0 Å². The van der Waals surface area contributed by atoms with Crippen molar-refractivity contribution in [2.75, 3.05) is 13.1 Å². The monoisotopic (exact) mass is 238 g/mol. The van der Waals surface area contributed by atoms with E-state index in [4.69, 9.17) is 11.5 Å². The van der Waals surface area contributed by atoms with E-state index in [1.54, 1.807) is 0 Å². The lowest BCUT2D eigenvalue weighted by Crippen LogP contribution is -2.13. The highest BCUT2D eigenvalue weighted by Crippen LogP contribution is 2.15. The molecule has 4 nitrogen and oxygen atoms in total. The van der Waals surface area contributed by atoms with Crippen LogP contribution in [0.15, 0.2) is 6.20 Å². The standard InChI is InChI=1S/C13H26N4/c1-10(7-14)3-5-12-9-16-17-13(12)6-4-11(2)8-15/h9-11H,3-8,14-15H2,1-2H3,(H,16,17). The van der Waals surface area contributed by atoms with E-state index in [1.807, 2.05) is 6.20 Å². The van der Waals surface area contributed by atoms with Crippen molar-refractivity contribution in [3.05, 3.63) is 17.5 Å². The van der Waals surface area contributed by atoms with Crippen molar-refractivity contribution in [2.45, 2.75) is 39.5 Å². The van der Waals surface area contributed by atoms with E-state index in [2.05, 4.69) is 24.0 Å². The number of nitrogens with zero attached hydrogens (tertiary/aromatic N) is 1. The van der Waals surface area contributed by atoms with E-state index in [-0.39, 0.29) is 0 Å². The minimum Gasteiger partial charge on any atom is -0.330 e. The normalized spacial score (nSPS) is 14.8. The fourth-order valence-electron chi connectivity index (χ4n) is 1.80. The van der Waals surface area contributed by atoms with Crippen molar-refractivity contribution in [1.29, 1.82) is 0 Å². The summed E-state index contributed by atoms with van der Waals surface area (Å²) in [4.78, 5) is 0. The third kappa shape index (κ3) is 4.88. The highest BCUT2D eigenvalue weighted by atomic mass is 15.1. The van der Waals surface area contributed by atoms with Crippen LogP contribution in [0.1, 0.15) is 37.9 Å². The summed E-state index contributed by atoms with van der Waals surface area (Å²) in [5, 5.41) is 7.25. The molecule has 0 aliphatic heterocycles. The lowest BCUT2D eigenvalue weighted by molar-refractivity contribution is 0.530. The van der Waals surface area contributed by atoms with Gasteiger partial charge in [-0.05, 0) is 56.2 Å². The van der Waals surface area contributed by atoms with Gasteiger partial charge in [0, 0.05) is 5.69 Å². The van der Waals surface area contributed by atoms with Crippen LogP contribution in [0.2, 0.25) is 0 Å². The maximum atomic E-state index is 5.63. The van der Waals surface area contributed by atoms with Crippen molar-refractivity contribution in [2.24, 2.45) is 23.3 Å². The molecule has 5 N–H and O–H groups in total. The Morgan fingerprint density at radius 1 is 1.12 bits per heavy atom. The van der Waals surface area contributed by atoms with Gasteiger partial charge in [0.25, 0.3) is 0 Å². The van der Waals surface area contributed by atoms with Gasteiger partial charge in [0.15, 0.2) is 0 Å². The zero-order chi connectivity index (χ0) is 12.7. The van der Waals surface area contributed by atoms with E-state index in [1.165, 1.54) is 11.3 Å². The van der Waals surface area contributed by atoms with Gasteiger partial charge in [-0.2, -0.15) is 5.10 Å². The number of rotatable bonds is 8. The molecule has 2 atom stereocenters.